The van der Waals surface area contributed by atoms with Crippen LogP contribution in [0.4, 0.5) is 0 Å². The molecule has 74 valence electrons. The lowest BCUT2D eigenvalue weighted by molar-refractivity contribution is -0.307. The maximum atomic E-state index is 10.4. The molecule has 0 amide bonds. The molecule has 1 aromatic carbocycles. The molecule has 0 aliphatic carbocycles. The lowest BCUT2D eigenvalue weighted by Gasteiger charge is -2.08. The maximum Gasteiger partial charge on any atom is 0.150 e. The summed E-state index contributed by atoms with van der Waals surface area (Å²) < 4.78 is 5.40. The van der Waals surface area contributed by atoms with Crippen LogP contribution in [-0.2, 0) is 4.79 Å². The average molecular weight is 258 g/mol. The highest BCUT2D eigenvalue weighted by molar-refractivity contribution is 9.10. The van der Waals surface area contributed by atoms with Crippen LogP contribution < -0.4 is 9.84 Å². The summed E-state index contributed by atoms with van der Waals surface area (Å²) in [4.78, 5) is 20.5. The number of carboxylic acids is 1. The first kappa shape index (κ1) is 10.7. The molecule has 0 aliphatic rings. The second-order valence-electron chi connectivity index (χ2n) is 2.47. The first-order chi connectivity index (χ1) is 6.63. The Kier molecular flexibility index (Phi) is 3.64. The molecule has 0 aliphatic heterocycles. The Hall–Kier alpha value is -1.36. The van der Waals surface area contributed by atoms with E-state index in [4.69, 9.17) is 4.74 Å². The zero-order chi connectivity index (χ0) is 10.6. The third-order valence-corrected chi connectivity index (χ3v) is 2.06. The molecule has 0 saturated heterocycles. The van der Waals surface area contributed by atoms with Gasteiger partial charge in [-0.3, -0.25) is 4.79 Å². The largest absolute Gasteiger partial charge is 0.546 e. The van der Waals surface area contributed by atoms with Crippen molar-refractivity contribution in [3.8, 4) is 5.75 Å². The summed E-state index contributed by atoms with van der Waals surface area (Å²) >= 11 is 3.14. The first-order valence-electron chi connectivity index (χ1n) is 3.71. The molecule has 5 heteroatoms. The van der Waals surface area contributed by atoms with Gasteiger partial charge in [0.2, 0.25) is 0 Å². The number of benzene rings is 1. The number of carbonyl (C=O) groups is 2. The van der Waals surface area contributed by atoms with Crippen LogP contribution in [0, 0.1) is 0 Å². The van der Waals surface area contributed by atoms with Gasteiger partial charge < -0.3 is 14.6 Å². The Balaban J connectivity index is 2.78. The fourth-order valence-electron chi connectivity index (χ4n) is 0.844. The normalized spacial score (nSPS) is 9.50. The van der Waals surface area contributed by atoms with Crippen molar-refractivity contribution in [2.24, 2.45) is 0 Å². The molecule has 0 unspecified atom stereocenters. The quantitative estimate of drug-likeness (QED) is 0.733. The van der Waals surface area contributed by atoms with Crippen molar-refractivity contribution in [1.29, 1.82) is 0 Å². The second kappa shape index (κ2) is 4.76. The van der Waals surface area contributed by atoms with Gasteiger partial charge in [0.25, 0.3) is 0 Å². The molecule has 1 rings (SSSR count). The van der Waals surface area contributed by atoms with Crippen molar-refractivity contribution in [3.05, 3.63) is 28.2 Å². The number of aliphatic carboxylic acids is 1. The number of halogens is 1. The molecule has 4 nitrogen and oxygen atoms in total. The van der Waals surface area contributed by atoms with Crippen LogP contribution in [0.3, 0.4) is 0 Å². The number of hydrogen-bond donors (Lipinski definition) is 0. The van der Waals surface area contributed by atoms with Gasteiger partial charge in [-0.2, -0.15) is 0 Å². The summed E-state index contributed by atoms with van der Waals surface area (Å²) in [6, 6.07) is 4.58. The molecular formula is C9H6BrO4-. The van der Waals surface area contributed by atoms with Gasteiger partial charge in [-0.05, 0) is 34.1 Å². The Morgan fingerprint density at radius 1 is 1.57 bits per heavy atom. The minimum atomic E-state index is -1.30. The minimum Gasteiger partial charge on any atom is -0.546 e. The van der Waals surface area contributed by atoms with Crippen molar-refractivity contribution in [1.82, 2.24) is 0 Å². The van der Waals surface area contributed by atoms with Gasteiger partial charge in [-0.25, -0.2) is 0 Å². The summed E-state index contributed by atoms with van der Waals surface area (Å²) in [5.41, 5.74) is 0.484. The Morgan fingerprint density at radius 3 is 2.79 bits per heavy atom. The Labute approximate surface area is 88.6 Å². The fourth-order valence-corrected chi connectivity index (χ4v) is 1.36. The van der Waals surface area contributed by atoms with Crippen LogP contribution in [0.2, 0.25) is 0 Å². The van der Waals surface area contributed by atoms with E-state index in [1.807, 2.05) is 0 Å². The number of carboxylic acid groups (broad SMARTS) is 1. The van der Waals surface area contributed by atoms with Gasteiger partial charge in [-0.1, -0.05) is 0 Å². The van der Waals surface area contributed by atoms with E-state index < -0.39 is 12.6 Å². The molecule has 0 spiro atoms. The van der Waals surface area contributed by atoms with E-state index in [0.717, 1.165) is 0 Å². The molecule has 0 bridgehead atoms. The third kappa shape index (κ3) is 2.85. The van der Waals surface area contributed by atoms with Crippen molar-refractivity contribution in [2.75, 3.05) is 6.61 Å². The van der Waals surface area contributed by atoms with Crippen LogP contribution >= 0.6 is 15.9 Å². The topological polar surface area (TPSA) is 66.4 Å². The predicted molar refractivity (Wildman–Crippen MR) is 50.0 cm³/mol. The van der Waals surface area contributed by atoms with E-state index in [0.29, 0.717) is 22.1 Å². The molecule has 0 fully saturated rings. The fraction of sp³-hybridized carbons (Fsp3) is 0.111. The van der Waals surface area contributed by atoms with E-state index in [-0.39, 0.29) is 0 Å². The number of ether oxygens (including phenoxy) is 1. The van der Waals surface area contributed by atoms with Crippen LogP contribution in [-0.4, -0.2) is 18.9 Å². The molecule has 0 saturated carbocycles. The van der Waals surface area contributed by atoms with Crippen LogP contribution in [0.5, 0.6) is 5.75 Å². The minimum absolute atomic E-state index is 0.361. The average Bonchev–Trinajstić information content (AvgIpc) is 2.15. The van der Waals surface area contributed by atoms with Gasteiger partial charge in [0.15, 0.2) is 0 Å². The molecule has 1 aromatic rings. The van der Waals surface area contributed by atoms with E-state index >= 15 is 0 Å². The lowest BCUT2D eigenvalue weighted by atomic mass is 10.2. The van der Waals surface area contributed by atoms with Crippen LogP contribution in [0.1, 0.15) is 10.4 Å². The molecular weight excluding hydrogens is 252 g/mol. The van der Waals surface area contributed by atoms with E-state index in [9.17, 15) is 14.7 Å². The Bertz CT molecular complexity index is 362. The Morgan fingerprint density at radius 2 is 2.29 bits per heavy atom. The molecule has 0 atom stereocenters. The molecule has 0 heterocycles. The second-order valence-corrected chi connectivity index (χ2v) is 3.32. The zero-order valence-corrected chi connectivity index (χ0v) is 8.61. The van der Waals surface area contributed by atoms with Gasteiger partial charge >= 0.3 is 0 Å². The summed E-state index contributed by atoms with van der Waals surface area (Å²) in [7, 11) is 0. The van der Waals surface area contributed by atoms with E-state index in [1.54, 1.807) is 0 Å². The molecule has 0 aromatic heterocycles. The summed E-state index contributed by atoms with van der Waals surface area (Å²) in [5.74, 6) is -0.934. The first-order valence-corrected chi connectivity index (χ1v) is 4.50. The van der Waals surface area contributed by atoms with Crippen molar-refractivity contribution in [3.63, 3.8) is 0 Å². The summed E-state index contributed by atoms with van der Waals surface area (Å²) in [6.45, 7) is -0.515. The van der Waals surface area contributed by atoms with Gasteiger partial charge in [0.1, 0.15) is 18.6 Å². The third-order valence-electron chi connectivity index (χ3n) is 1.44. The number of hydrogen-bond acceptors (Lipinski definition) is 4. The van der Waals surface area contributed by atoms with Crippen molar-refractivity contribution >= 4 is 28.2 Å². The SMILES string of the molecule is O=Cc1ccc(OCC(=O)[O-])c(Br)c1. The zero-order valence-electron chi connectivity index (χ0n) is 7.03. The highest BCUT2D eigenvalue weighted by Crippen LogP contribution is 2.25. The monoisotopic (exact) mass is 257 g/mol. The molecule has 0 radical (unpaired) electrons. The van der Waals surface area contributed by atoms with Crippen molar-refractivity contribution < 1.29 is 19.4 Å². The van der Waals surface area contributed by atoms with Gasteiger partial charge in [0, 0.05) is 5.56 Å². The van der Waals surface area contributed by atoms with Crippen LogP contribution in [0.25, 0.3) is 0 Å². The number of rotatable bonds is 4. The predicted octanol–water partition coefficient (Wildman–Crippen LogP) is 0.390. The van der Waals surface area contributed by atoms with E-state index in [2.05, 4.69) is 15.9 Å². The smallest absolute Gasteiger partial charge is 0.150 e. The summed E-state index contributed by atoms with van der Waals surface area (Å²) in [6.07, 6.45) is 0.688. The van der Waals surface area contributed by atoms with Gasteiger partial charge in [-0.15, -0.1) is 0 Å². The lowest BCUT2D eigenvalue weighted by Crippen LogP contribution is -2.29. The number of carbonyl (C=O) groups excluding carboxylic acids is 2. The summed E-state index contributed by atoms with van der Waals surface area (Å²) in [5, 5.41) is 10.1. The highest BCUT2D eigenvalue weighted by Gasteiger charge is 2.01. The van der Waals surface area contributed by atoms with E-state index in [1.165, 1.54) is 18.2 Å². The molecule has 14 heavy (non-hydrogen) atoms. The highest BCUT2D eigenvalue weighted by atomic mass is 79.9. The van der Waals surface area contributed by atoms with Crippen molar-refractivity contribution in [2.45, 2.75) is 0 Å². The standard InChI is InChI=1S/C9H7BrO4/c10-7-3-6(4-11)1-2-8(7)14-5-9(12)13/h1-4H,5H2,(H,12,13)/p-1. The molecule has 0 N–H and O–H groups in total. The van der Waals surface area contributed by atoms with Gasteiger partial charge in [0.05, 0.1) is 10.4 Å². The maximum absolute atomic E-state index is 10.4. The number of aldehydes is 1. The van der Waals surface area contributed by atoms with Crippen LogP contribution in [0.15, 0.2) is 22.7 Å².